The Morgan fingerprint density at radius 1 is 1.64 bits per heavy atom. The summed E-state index contributed by atoms with van der Waals surface area (Å²) in [5, 5.41) is 10.9. The number of nitrogens with one attached hydrogen (secondary N) is 1. The molecule has 2 heterocycles. The van der Waals surface area contributed by atoms with Crippen molar-refractivity contribution in [1.29, 1.82) is 0 Å². The van der Waals surface area contributed by atoms with Crippen molar-refractivity contribution < 1.29 is 9.57 Å². The van der Waals surface area contributed by atoms with Crippen LogP contribution < -0.4 is 15.0 Å². The van der Waals surface area contributed by atoms with E-state index in [1.54, 1.807) is 12.3 Å². The molecule has 1 aromatic heterocycles. The zero-order valence-electron chi connectivity index (χ0n) is 5.52. The first-order valence-corrected chi connectivity index (χ1v) is 3.05. The predicted octanol–water partition coefficient (Wildman–Crippen LogP) is -0.417. The van der Waals surface area contributed by atoms with Gasteiger partial charge >= 0.3 is 5.88 Å². The Bertz CT molecular complexity index is 311. The zero-order valence-corrected chi connectivity index (χ0v) is 5.52. The fourth-order valence-corrected chi connectivity index (χ4v) is 0.824. The summed E-state index contributed by atoms with van der Waals surface area (Å²) < 4.78 is 0.610. The summed E-state index contributed by atoms with van der Waals surface area (Å²) in [5.41, 5.74) is 2.97. The monoisotopic (exact) mass is 151 g/mol. The Balaban J connectivity index is 2.60. The molecule has 1 aliphatic heterocycles. The average molecular weight is 151 g/mol. The van der Waals surface area contributed by atoms with E-state index >= 15 is 0 Å². The standard InChI is InChI=1S/C6H5N3O2/c10-9-4-3-7-5-1-2-8-11-6(5)9/h1-4,8H. The molecule has 0 saturated carbocycles. The van der Waals surface area contributed by atoms with E-state index in [1.165, 1.54) is 12.4 Å². The van der Waals surface area contributed by atoms with Crippen LogP contribution in [0.25, 0.3) is 6.08 Å². The molecule has 1 aromatic rings. The molecule has 0 unspecified atom stereocenters. The number of hydroxylamine groups is 1. The molecule has 56 valence electrons. The molecule has 0 fully saturated rings. The van der Waals surface area contributed by atoms with Gasteiger partial charge in [-0.25, -0.2) is 10.5 Å². The maximum absolute atomic E-state index is 10.9. The SMILES string of the molecule is [O-][n+]1ccnc2c1ONC=C2. The van der Waals surface area contributed by atoms with Gasteiger partial charge in [-0.3, -0.25) is 0 Å². The van der Waals surface area contributed by atoms with Gasteiger partial charge in [0, 0.05) is 6.20 Å². The van der Waals surface area contributed by atoms with Crippen LogP contribution in [-0.4, -0.2) is 4.98 Å². The third kappa shape index (κ3) is 0.861. The smallest absolute Gasteiger partial charge is 0.430 e. The fraction of sp³-hybridized carbons (Fsp3) is 0. The number of fused-ring (bicyclic) bond motifs is 1. The molecule has 0 amide bonds. The molecular weight excluding hydrogens is 146 g/mol. The van der Waals surface area contributed by atoms with Gasteiger partial charge in [-0.15, -0.1) is 4.73 Å². The van der Waals surface area contributed by atoms with Crippen LogP contribution in [-0.2, 0) is 0 Å². The summed E-state index contributed by atoms with van der Waals surface area (Å²) in [6.07, 6.45) is 5.92. The Kier molecular flexibility index (Phi) is 1.15. The minimum atomic E-state index is 0.176. The van der Waals surface area contributed by atoms with Gasteiger partial charge in [0.1, 0.15) is 0 Å². The lowest BCUT2D eigenvalue weighted by molar-refractivity contribution is -0.615. The molecule has 0 spiro atoms. The second-order valence-corrected chi connectivity index (χ2v) is 2.00. The topological polar surface area (TPSA) is 61.1 Å². The molecule has 0 bridgehead atoms. The van der Waals surface area contributed by atoms with Gasteiger partial charge in [-0.05, 0) is 6.08 Å². The molecule has 0 saturated heterocycles. The van der Waals surface area contributed by atoms with Crippen molar-refractivity contribution in [3.63, 3.8) is 0 Å². The van der Waals surface area contributed by atoms with E-state index in [0.717, 1.165) is 0 Å². The van der Waals surface area contributed by atoms with Crippen LogP contribution >= 0.6 is 0 Å². The largest absolute Gasteiger partial charge is 0.616 e. The van der Waals surface area contributed by atoms with Crippen LogP contribution in [0.5, 0.6) is 5.88 Å². The number of nitrogens with zero attached hydrogens (tertiary/aromatic N) is 2. The minimum Gasteiger partial charge on any atom is -0.616 e. The van der Waals surface area contributed by atoms with E-state index in [1.807, 2.05) is 0 Å². The van der Waals surface area contributed by atoms with Crippen LogP contribution in [0, 0.1) is 5.21 Å². The molecule has 11 heavy (non-hydrogen) atoms. The van der Waals surface area contributed by atoms with Crippen LogP contribution in [0.1, 0.15) is 5.69 Å². The van der Waals surface area contributed by atoms with Gasteiger partial charge in [-0.1, -0.05) is 0 Å². The maximum Gasteiger partial charge on any atom is 0.430 e. The van der Waals surface area contributed by atoms with Gasteiger partial charge < -0.3 is 10.0 Å². The van der Waals surface area contributed by atoms with Crippen molar-refractivity contribution in [1.82, 2.24) is 10.5 Å². The summed E-state index contributed by atoms with van der Waals surface area (Å²) in [6, 6.07) is 0. The van der Waals surface area contributed by atoms with Gasteiger partial charge in [0.05, 0.1) is 6.20 Å². The molecule has 0 atom stereocenters. The Morgan fingerprint density at radius 2 is 2.55 bits per heavy atom. The van der Waals surface area contributed by atoms with Crippen molar-refractivity contribution >= 4 is 6.08 Å². The number of hydrogen-bond acceptors (Lipinski definition) is 4. The van der Waals surface area contributed by atoms with Crippen molar-refractivity contribution in [3.05, 3.63) is 29.5 Å². The third-order valence-electron chi connectivity index (χ3n) is 1.30. The average Bonchev–Trinajstić information content (AvgIpc) is 2.06. The molecule has 2 rings (SSSR count). The van der Waals surface area contributed by atoms with Gasteiger partial charge in [0.15, 0.2) is 5.69 Å². The Labute approximate surface area is 62.5 Å². The van der Waals surface area contributed by atoms with E-state index < -0.39 is 0 Å². The van der Waals surface area contributed by atoms with Gasteiger partial charge in [0.25, 0.3) is 0 Å². The summed E-state index contributed by atoms with van der Waals surface area (Å²) in [6.45, 7) is 0. The number of hydrogen-bond donors (Lipinski definition) is 1. The highest BCUT2D eigenvalue weighted by atomic mass is 16.7. The highest BCUT2D eigenvalue weighted by Gasteiger charge is 2.15. The van der Waals surface area contributed by atoms with E-state index in [4.69, 9.17) is 4.84 Å². The van der Waals surface area contributed by atoms with Gasteiger partial charge in [-0.2, -0.15) is 0 Å². The first kappa shape index (κ1) is 5.96. The lowest BCUT2D eigenvalue weighted by atomic mass is 10.4. The second kappa shape index (κ2) is 2.12. The van der Waals surface area contributed by atoms with Crippen molar-refractivity contribution in [3.8, 4) is 5.88 Å². The van der Waals surface area contributed by atoms with E-state index in [0.29, 0.717) is 10.4 Å². The van der Waals surface area contributed by atoms with E-state index in [-0.39, 0.29) is 5.88 Å². The van der Waals surface area contributed by atoms with Crippen molar-refractivity contribution in [2.75, 3.05) is 0 Å². The first-order chi connectivity index (χ1) is 5.38. The number of aromatic nitrogens is 2. The lowest BCUT2D eigenvalue weighted by Gasteiger charge is -2.09. The summed E-state index contributed by atoms with van der Waals surface area (Å²) in [5.74, 6) is 0.176. The maximum atomic E-state index is 10.9. The number of rotatable bonds is 0. The molecule has 1 N–H and O–H groups in total. The quantitative estimate of drug-likeness (QED) is 0.404. The Morgan fingerprint density at radius 3 is 3.36 bits per heavy atom. The minimum absolute atomic E-state index is 0.176. The molecule has 5 nitrogen and oxygen atoms in total. The summed E-state index contributed by atoms with van der Waals surface area (Å²) >= 11 is 0. The summed E-state index contributed by atoms with van der Waals surface area (Å²) in [4.78, 5) is 8.71. The summed E-state index contributed by atoms with van der Waals surface area (Å²) in [7, 11) is 0. The predicted molar refractivity (Wildman–Crippen MR) is 36.0 cm³/mol. The normalized spacial score (nSPS) is 13.1. The second-order valence-electron chi connectivity index (χ2n) is 2.00. The molecule has 0 aliphatic carbocycles. The molecule has 1 aliphatic rings. The molecular formula is C6H5N3O2. The molecule has 0 aromatic carbocycles. The fourth-order valence-electron chi connectivity index (χ4n) is 0.824. The molecule has 5 heteroatoms. The lowest BCUT2D eigenvalue weighted by Crippen LogP contribution is -2.34. The van der Waals surface area contributed by atoms with Crippen LogP contribution in [0.15, 0.2) is 18.6 Å². The third-order valence-corrected chi connectivity index (χ3v) is 1.30. The van der Waals surface area contributed by atoms with E-state index in [9.17, 15) is 5.21 Å². The highest BCUT2D eigenvalue weighted by molar-refractivity contribution is 5.49. The molecule has 0 radical (unpaired) electrons. The van der Waals surface area contributed by atoms with Crippen LogP contribution in [0.4, 0.5) is 0 Å². The first-order valence-electron chi connectivity index (χ1n) is 3.05. The Hall–Kier alpha value is -1.78. The van der Waals surface area contributed by atoms with E-state index in [2.05, 4.69) is 10.5 Å². The highest BCUT2D eigenvalue weighted by Crippen LogP contribution is 2.12. The van der Waals surface area contributed by atoms with Crippen molar-refractivity contribution in [2.45, 2.75) is 0 Å². The van der Waals surface area contributed by atoms with Crippen molar-refractivity contribution in [2.24, 2.45) is 0 Å². The van der Waals surface area contributed by atoms with Crippen LogP contribution in [0.3, 0.4) is 0 Å². The zero-order chi connectivity index (χ0) is 7.68. The van der Waals surface area contributed by atoms with Crippen LogP contribution in [0.2, 0.25) is 0 Å². The van der Waals surface area contributed by atoms with Gasteiger partial charge in [0.2, 0.25) is 6.20 Å².